The average Bonchev–Trinajstić information content (AvgIpc) is 3.32. The zero-order valence-corrected chi connectivity index (χ0v) is 15.0. The van der Waals surface area contributed by atoms with Gasteiger partial charge in [-0.25, -0.2) is 14.6 Å². The number of aryl methyl sites for hydroxylation is 2. The summed E-state index contributed by atoms with van der Waals surface area (Å²) in [6, 6.07) is 13.2. The van der Waals surface area contributed by atoms with E-state index >= 15 is 0 Å². The molecule has 0 saturated heterocycles. The van der Waals surface area contributed by atoms with Gasteiger partial charge in [0.25, 0.3) is 11.9 Å². The van der Waals surface area contributed by atoms with Gasteiger partial charge in [0.1, 0.15) is 0 Å². The van der Waals surface area contributed by atoms with Gasteiger partial charge >= 0.3 is 0 Å². The summed E-state index contributed by atoms with van der Waals surface area (Å²) in [7, 11) is 0. The maximum Gasteiger partial charge on any atom is 0.255 e. The molecule has 1 aromatic carbocycles. The second kappa shape index (κ2) is 6.87. The van der Waals surface area contributed by atoms with Crippen molar-refractivity contribution in [1.82, 2.24) is 24.3 Å². The number of rotatable bonds is 4. The normalized spacial score (nSPS) is 10.7. The first-order valence-corrected chi connectivity index (χ1v) is 8.50. The number of hydrogen-bond acceptors (Lipinski definition) is 4. The molecular formula is C20H18N6O. The number of aromatic nitrogens is 5. The zero-order chi connectivity index (χ0) is 18.8. The van der Waals surface area contributed by atoms with Crippen molar-refractivity contribution in [2.45, 2.75) is 13.8 Å². The summed E-state index contributed by atoms with van der Waals surface area (Å²) in [5.74, 6) is 0.256. The lowest BCUT2D eigenvalue weighted by atomic mass is 10.2. The minimum Gasteiger partial charge on any atom is -0.324 e. The topological polar surface area (TPSA) is 77.6 Å². The van der Waals surface area contributed by atoms with Crippen molar-refractivity contribution >= 4 is 11.6 Å². The zero-order valence-electron chi connectivity index (χ0n) is 15.0. The second-order valence-corrected chi connectivity index (χ2v) is 6.20. The minimum absolute atomic E-state index is 0.212. The summed E-state index contributed by atoms with van der Waals surface area (Å²) in [6.45, 7) is 3.86. The van der Waals surface area contributed by atoms with E-state index in [-0.39, 0.29) is 5.91 Å². The number of benzene rings is 1. The van der Waals surface area contributed by atoms with Crippen molar-refractivity contribution in [2.75, 3.05) is 5.32 Å². The molecule has 3 heterocycles. The van der Waals surface area contributed by atoms with Gasteiger partial charge in [-0.15, -0.1) is 0 Å². The molecule has 0 bridgehead atoms. The molecule has 7 heteroatoms. The molecule has 3 aromatic heterocycles. The Hall–Kier alpha value is -3.74. The highest BCUT2D eigenvalue weighted by Gasteiger charge is 2.09. The highest BCUT2D eigenvalue weighted by atomic mass is 16.1. The van der Waals surface area contributed by atoms with Crippen LogP contribution in [0.2, 0.25) is 0 Å². The molecule has 0 atom stereocenters. The third kappa shape index (κ3) is 3.48. The first kappa shape index (κ1) is 16.7. The van der Waals surface area contributed by atoms with Gasteiger partial charge in [0.15, 0.2) is 0 Å². The molecule has 0 radical (unpaired) electrons. The lowest BCUT2D eigenvalue weighted by Crippen LogP contribution is -2.13. The average molecular weight is 358 g/mol. The molecule has 27 heavy (non-hydrogen) atoms. The number of nitrogens with zero attached hydrogens (tertiary/aromatic N) is 5. The monoisotopic (exact) mass is 358 g/mol. The minimum atomic E-state index is -0.212. The Labute approximate surface area is 156 Å². The fourth-order valence-corrected chi connectivity index (χ4v) is 2.82. The molecule has 7 nitrogen and oxygen atoms in total. The van der Waals surface area contributed by atoms with Crippen LogP contribution in [0, 0.1) is 13.8 Å². The van der Waals surface area contributed by atoms with Crippen molar-refractivity contribution in [2.24, 2.45) is 0 Å². The van der Waals surface area contributed by atoms with Gasteiger partial charge in [-0.1, -0.05) is 0 Å². The smallest absolute Gasteiger partial charge is 0.255 e. The van der Waals surface area contributed by atoms with E-state index in [9.17, 15) is 4.79 Å². The molecule has 134 valence electrons. The van der Waals surface area contributed by atoms with Gasteiger partial charge in [0, 0.05) is 29.3 Å². The third-order valence-electron chi connectivity index (χ3n) is 4.13. The van der Waals surface area contributed by atoms with Crippen molar-refractivity contribution in [3.05, 3.63) is 84.2 Å². The van der Waals surface area contributed by atoms with Crippen LogP contribution in [-0.4, -0.2) is 30.2 Å². The Kier molecular flexibility index (Phi) is 4.25. The van der Waals surface area contributed by atoms with E-state index in [1.807, 2.05) is 61.1 Å². The fourth-order valence-electron chi connectivity index (χ4n) is 2.82. The van der Waals surface area contributed by atoms with Gasteiger partial charge in [-0.2, -0.15) is 5.10 Å². The molecule has 0 fully saturated rings. The quantitative estimate of drug-likeness (QED) is 0.607. The van der Waals surface area contributed by atoms with E-state index in [2.05, 4.69) is 20.4 Å². The summed E-state index contributed by atoms with van der Waals surface area (Å²) >= 11 is 0. The SMILES string of the molecule is Cc1cc(C)n(-c2ncc(NC(=O)c3ccc(-n4cccc4)cc3)cn2)n1. The van der Waals surface area contributed by atoms with Gasteiger partial charge in [-0.3, -0.25) is 4.79 Å². The van der Waals surface area contributed by atoms with Crippen LogP contribution < -0.4 is 5.32 Å². The van der Waals surface area contributed by atoms with Gasteiger partial charge in [-0.05, 0) is 56.3 Å². The number of anilines is 1. The highest BCUT2D eigenvalue weighted by Crippen LogP contribution is 2.13. The van der Waals surface area contributed by atoms with E-state index in [1.165, 1.54) is 0 Å². The van der Waals surface area contributed by atoms with Gasteiger partial charge in [0.2, 0.25) is 0 Å². The maximum absolute atomic E-state index is 12.4. The van der Waals surface area contributed by atoms with Crippen LogP contribution >= 0.6 is 0 Å². The van der Waals surface area contributed by atoms with E-state index in [1.54, 1.807) is 29.2 Å². The first-order valence-electron chi connectivity index (χ1n) is 8.50. The summed E-state index contributed by atoms with van der Waals surface area (Å²) in [4.78, 5) is 21.0. The van der Waals surface area contributed by atoms with Crippen molar-refractivity contribution in [3.8, 4) is 11.6 Å². The number of nitrogens with one attached hydrogen (secondary N) is 1. The van der Waals surface area contributed by atoms with Crippen LogP contribution in [0.25, 0.3) is 11.6 Å². The van der Waals surface area contributed by atoms with Crippen LogP contribution in [0.15, 0.2) is 67.3 Å². The third-order valence-corrected chi connectivity index (χ3v) is 4.13. The molecule has 0 aliphatic rings. The lowest BCUT2D eigenvalue weighted by Gasteiger charge is -2.07. The first-order chi connectivity index (χ1) is 13.1. The molecule has 1 amide bonds. The molecule has 0 unspecified atom stereocenters. The van der Waals surface area contributed by atoms with E-state index in [4.69, 9.17) is 0 Å². The predicted molar refractivity (Wildman–Crippen MR) is 102 cm³/mol. The summed E-state index contributed by atoms with van der Waals surface area (Å²) in [6.07, 6.45) is 7.06. The molecule has 0 aliphatic carbocycles. The standard InChI is InChI=1S/C20H18N6O/c1-14-11-15(2)26(24-14)20-21-12-17(13-22-20)23-19(27)16-5-7-18(8-6-16)25-9-3-4-10-25/h3-13H,1-2H3,(H,23,27). The highest BCUT2D eigenvalue weighted by molar-refractivity contribution is 6.04. The molecule has 0 aliphatic heterocycles. The van der Waals surface area contributed by atoms with Gasteiger partial charge < -0.3 is 9.88 Å². The molecule has 4 rings (SSSR count). The summed E-state index contributed by atoms with van der Waals surface area (Å²) in [5.41, 5.74) is 3.94. The Morgan fingerprint density at radius 2 is 1.67 bits per heavy atom. The number of carbonyl (C=O) groups excluding carboxylic acids is 1. The Balaban J connectivity index is 1.47. The van der Waals surface area contributed by atoms with E-state index in [0.29, 0.717) is 17.2 Å². The van der Waals surface area contributed by atoms with Gasteiger partial charge in [0.05, 0.1) is 23.8 Å². The Morgan fingerprint density at radius 3 is 2.26 bits per heavy atom. The molecule has 0 spiro atoms. The lowest BCUT2D eigenvalue weighted by molar-refractivity contribution is 0.102. The summed E-state index contributed by atoms with van der Waals surface area (Å²) in [5, 5.41) is 7.16. The Bertz CT molecular complexity index is 1060. The van der Waals surface area contributed by atoms with Crippen molar-refractivity contribution in [1.29, 1.82) is 0 Å². The predicted octanol–water partition coefficient (Wildman–Crippen LogP) is 3.32. The maximum atomic E-state index is 12.4. The fraction of sp³-hybridized carbons (Fsp3) is 0.100. The van der Waals surface area contributed by atoms with Crippen LogP contribution in [-0.2, 0) is 0 Å². The van der Waals surface area contributed by atoms with E-state index in [0.717, 1.165) is 17.1 Å². The van der Waals surface area contributed by atoms with Crippen LogP contribution in [0.4, 0.5) is 5.69 Å². The van der Waals surface area contributed by atoms with Crippen LogP contribution in [0.1, 0.15) is 21.7 Å². The van der Waals surface area contributed by atoms with Crippen molar-refractivity contribution < 1.29 is 4.79 Å². The molecule has 1 N–H and O–H groups in total. The number of amides is 1. The largest absolute Gasteiger partial charge is 0.324 e. The molecule has 4 aromatic rings. The van der Waals surface area contributed by atoms with Crippen LogP contribution in [0.3, 0.4) is 0 Å². The summed E-state index contributed by atoms with van der Waals surface area (Å²) < 4.78 is 3.65. The molecular weight excluding hydrogens is 340 g/mol. The second-order valence-electron chi connectivity index (χ2n) is 6.20. The number of hydrogen-bond donors (Lipinski definition) is 1. The molecule has 0 saturated carbocycles. The Morgan fingerprint density at radius 1 is 1.00 bits per heavy atom. The van der Waals surface area contributed by atoms with Crippen molar-refractivity contribution in [3.63, 3.8) is 0 Å². The van der Waals surface area contributed by atoms with Crippen LogP contribution in [0.5, 0.6) is 0 Å². The van der Waals surface area contributed by atoms with E-state index < -0.39 is 0 Å². The number of carbonyl (C=O) groups is 1.